The minimum absolute atomic E-state index is 0.188. The highest BCUT2D eigenvalue weighted by atomic mass is 19.4. The summed E-state index contributed by atoms with van der Waals surface area (Å²) in [5.74, 6) is -1.10. The highest BCUT2D eigenvalue weighted by Gasteiger charge is 2.37. The van der Waals surface area contributed by atoms with E-state index in [9.17, 15) is 17.6 Å². The Balaban J connectivity index is 1.60. The molecule has 1 aliphatic rings. The molecule has 38 heavy (non-hydrogen) atoms. The van der Waals surface area contributed by atoms with Crippen molar-refractivity contribution in [3.63, 3.8) is 0 Å². The number of aromatic nitrogens is 5. The zero-order valence-electron chi connectivity index (χ0n) is 20.6. The number of halogens is 4. The van der Waals surface area contributed by atoms with Crippen LogP contribution in [0.1, 0.15) is 24.1 Å². The van der Waals surface area contributed by atoms with E-state index >= 15 is 0 Å². The maximum Gasteiger partial charge on any atom is 0.449 e. The zero-order valence-corrected chi connectivity index (χ0v) is 20.6. The lowest BCUT2D eigenvalue weighted by Crippen LogP contribution is -2.36. The molecule has 1 aromatic carbocycles. The number of benzene rings is 1. The molecule has 1 atom stereocenters. The highest BCUT2D eigenvalue weighted by molar-refractivity contribution is 6.00. The van der Waals surface area contributed by atoms with Crippen LogP contribution in [0, 0.1) is 5.82 Å². The summed E-state index contributed by atoms with van der Waals surface area (Å²) in [5, 5.41) is 7.15. The van der Waals surface area contributed by atoms with Gasteiger partial charge in [0.15, 0.2) is 5.82 Å². The SMILES string of the molecule is CC(c1cnn(-c2ccccc2F)c1)n1cc(C2=CNC(C(F)(F)F)=NC2)c2c(N=CN(C)C)ncnc21. The average Bonchev–Trinajstić information content (AvgIpc) is 3.53. The van der Waals surface area contributed by atoms with Crippen molar-refractivity contribution in [1.29, 1.82) is 0 Å². The minimum atomic E-state index is -4.58. The number of hydrogen-bond acceptors (Lipinski definition) is 6. The van der Waals surface area contributed by atoms with Crippen molar-refractivity contribution in [3.05, 3.63) is 72.3 Å². The summed E-state index contributed by atoms with van der Waals surface area (Å²) in [6.45, 7) is 1.73. The Labute approximate surface area is 214 Å². The van der Waals surface area contributed by atoms with Crippen LogP contribution in [0.5, 0.6) is 0 Å². The number of para-hydroxylation sites is 1. The molecular formula is C25H23F4N9. The fraction of sp³-hybridized carbons (Fsp3) is 0.240. The molecule has 13 heteroatoms. The van der Waals surface area contributed by atoms with Gasteiger partial charge in [0.05, 0.1) is 30.5 Å². The quantitative estimate of drug-likeness (QED) is 0.228. The molecule has 0 saturated heterocycles. The summed E-state index contributed by atoms with van der Waals surface area (Å²) >= 11 is 0. The van der Waals surface area contributed by atoms with Crippen molar-refractivity contribution in [2.75, 3.05) is 20.6 Å². The minimum Gasteiger partial charge on any atom is -0.369 e. The van der Waals surface area contributed by atoms with Crippen LogP contribution >= 0.6 is 0 Å². The Hall–Kier alpha value is -4.55. The summed E-state index contributed by atoms with van der Waals surface area (Å²) in [5.41, 5.74) is 2.72. The van der Waals surface area contributed by atoms with E-state index in [2.05, 4.69) is 30.4 Å². The molecule has 5 rings (SSSR count). The first kappa shape index (κ1) is 25.1. The van der Waals surface area contributed by atoms with Crippen LogP contribution in [0.25, 0.3) is 22.3 Å². The van der Waals surface area contributed by atoms with Crippen LogP contribution in [0.15, 0.2) is 65.4 Å². The Morgan fingerprint density at radius 1 is 1.16 bits per heavy atom. The van der Waals surface area contributed by atoms with Gasteiger partial charge in [-0.25, -0.2) is 24.0 Å². The van der Waals surface area contributed by atoms with Gasteiger partial charge in [0.1, 0.15) is 23.5 Å². The van der Waals surface area contributed by atoms with Gasteiger partial charge < -0.3 is 14.8 Å². The molecule has 0 radical (unpaired) electrons. The van der Waals surface area contributed by atoms with Gasteiger partial charge in [-0.3, -0.25) is 4.99 Å². The molecule has 0 saturated carbocycles. The maximum absolute atomic E-state index is 14.3. The maximum atomic E-state index is 14.3. The second-order valence-corrected chi connectivity index (χ2v) is 8.88. The smallest absolute Gasteiger partial charge is 0.369 e. The van der Waals surface area contributed by atoms with E-state index in [0.29, 0.717) is 33.7 Å². The van der Waals surface area contributed by atoms with Crippen molar-refractivity contribution < 1.29 is 17.6 Å². The third kappa shape index (κ3) is 4.74. The van der Waals surface area contributed by atoms with Crippen molar-refractivity contribution in [2.24, 2.45) is 9.98 Å². The molecule has 4 aromatic rings. The van der Waals surface area contributed by atoms with E-state index in [1.807, 2.05) is 25.6 Å². The van der Waals surface area contributed by atoms with Crippen molar-refractivity contribution in [1.82, 2.24) is 34.5 Å². The lowest BCUT2D eigenvalue weighted by molar-refractivity contribution is -0.0614. The topological polar surface area (TPSA) is 88.5 Å². The molecule has 0 bridgehead atoms. The summed E-state index contributed by atoms with van der Waals surface area (Å²) in [4.78, 5) is 18.7. The molecule has 196 valence electrons. The van der Waals surface area contributed by atoms with Gasteiger partial charge in [0.2, 0.25) is 5.84 Å². The molecule has 0 spiro atoms. The van der Waals surface area contributed by atoms with Crippen LogP contribution in [-0.2, 0) is 0 Å². The van der Waals surface area contributed by atoms with E-state index in [-0.39, 0.29) is 12.6 Å². The second kappa shape index (κ2) is 9.72. The zero-order chi connectivity index (χ0) is 27.0. The lowest BCUT2D eigenvalue weighted by atomic mass is 10.1. The number of nitrogens with one attached hydrogen (secondary N) is 1. The number of amidine groups is 1. The Morgan fingerprint density at radius 2 is 1.95 bits per heavy atom. The largest absolute Gasteiger partial charge is 0.449 e. The van der Waals surface area contributed by atoms with E-state index in [1.165, 1.54) is 23.3 Å². The summed E-state index contributed by atoms with van der Waals surface area (Å²) in [6.07, 6.45) is 4.83. The first-order valence-electron chi connectivity index (χ1n) is 11.6. The molecule has 0 fully saturated rings. The number of fused-ring (bicyclic) bond motifs is 1. The summed E-state index contributed by atoms with van der Waals surface area (Å²) in [7, 11) is 3.62. The number of aliphatic imine (C=N–C) groups is 2. The molecule has 0 amide bonds. The number of rotatable bonds is 6. The molecule has 3 aromatic heterocycles. The van der Waals surface area contributed by atoms with Crippen molar-refractivity contribution >= 4 is 34.6 Å². The normalized spacial score (nSPS) is 14.9. The summed E-state index contributed by atoms with van der Waals surface area (Å²) in [6, 6.07) is 5.99. The third-order valence-electron chi connectivity index (χ3n) is 6.01. The van der Waals surface area contributed by atoms with Gasteiger partial charge in [0, 0.05) is 43.8 Å². The molecule has 1 N–H and O–H groups in total. The molecule has 1 unspecified atom stereocenters. The van der Waals surface area contributed by atoms with Gasteiger partial charge in [-0.15, -0.1) is 0 Å². The first-order valence-corrected chi connectivity index (χ1v) is 11.6. The number of nitrogens with zero attached hydrogens (tertiary/aromatic N) is 8. The van der Waals surface area contributed by atoms with Gasteiger partial charge in [0.25, 0.3) is 0 Å². The van der Waals surface area contributed by atoms with Crippen LogP contribution in [-0.4, -0.2) is 68.2 Å². The van der Waals surface area contributed by atoms with Crippen molar-refractivity contribution in [3.8, 4) is 5.69 Å². The van der Waals surface area contributed by atoms with E-state index in [0.717, 1.165) is 5.56 Å². The Kier molecular flexibility index (Phi) is 6.43. The van der Waals surface area contributed by atoms with E-state index < -0.39 is 17.8 Å². The summed E-state index contributed by atoms with van der Waals surface area (Å²) < 4.78 is 57.0. The number of alkyl halides is 3. The Morgan fingerprint density at radius 3 is 2.63 bits per heavy atom. The standard InChI is InChI=1S/C25H23F4N9/c1-15(17-10-35-38(11-17)20-7-5-4-6-19(20)26)37-12-18(16-8-30-24(31-9-16)25(27,28)29)21-22(34-14-36(2)3)32-13-33-23(21)37/h4-8,10-15H,9H2,1-3H3,(H,30,31). The molecule has 9 nitrogen and oxygen atoms in total. The van der Waals surface area contributed by atoms with Crippen LogP contribution in [0.3, 0.4) is 0 Å². The lowest BCUT2D eigenvalue weighted by Gasteiger charge is -2.16. The van der Waals surface area contributed by atoms with Gasteiger partial charge in [-0.1, -0.05) is 12.1 Å². The Bertz CT molecular complexity index is 1580. The molecule has 0 aliphatic carbocycles. The fourth-order valence-electron chi connectivity index (χ4n) is 4.10. The highest BCUT2D eigenvalue weighted by Crippen LogP contribution is 2.36. The molecule has 1 aliphatic heterocycles. The molecular weight excluding hydrogens is 502 g/mol. The van der Waals surface area contributed by atoms with Gasteiger partial charge >= 0.3 is 6.18 Å². The van der Waals surface area contributed by atoms with Gasteiger partial charge in [-0.2, -0.15) is 18.3 Å². The van der Waals surface area contributed by atoms with Crippen LogP contribution in [0.2, 0.25) is 0 Å². The van der Waals surface area contributed by atoms with Crippen LogP contribution in [0.4, 0.5) is 23.4 Å². The predicted octanol–water partition coefficient (Wildman–Crippen LogP) is 4.49. The van der Waals surface area contributed by atoms with Crippen LogP contribution < -0.4 is 5.32 Å². The average molecular weight is 526 g/mol. The van der Waals surface area contributed by atoms with Gasteiger partial charge in [-0.05, 0) is 24.6 Å². The van der Waals surface area contributed by atoms with Crippen molar-refractivity contribution in [2.45, 2.75) is 19.1 Å². The predicted molar refractivity (Wildman–Crippen MR) is 136 cm³/mol. The number of hydrogen-bond donors (Lipinski definition) is 1. The fourth-order valence-corrected chi connectivity index (χ4v) is 4.10. The monoisotopic (exact) mass is 525 g/mol. The van der Waals surface area contributed by atoms with E-state index in [4.69, 9.17) is 0 Å². The first-order chi connectivity index (χ1) is 18.1. The second-order valence-electron chi connectivity index (χ2n) is 8.88. The molecule has 4 heterocycles. The third-order valence-corrected chi connectivity index (χ3v) is 6.01. The van der Waals surface area contributed by atoms with E-state index in [1.54, 1.807) is 48.0 Å².